The van der Waals surface area contributed by atoms with Gasteiger partial charge in [-0.15, -0.1) is 0 Å². The maximum Gasteiger partial charge on any atom is 0.339 e. The van der Waals surface area contributed by atoms with E-state index in [-0.39, 0.29) is 22.8 Å². The van der Waals surface area contributed by atoms with E-state index in [0.29, 0.717) is 0 Å². The number of nitrogens with zero attached hydrogens (tertiary/aromatic N) is 4. The van der Waals surface area contributed by atoms with Crippen LogP contribution in [0, 0.1) is 5.82 Å². The first-order valence-corrected chi connectivity index (χ1v) is 6.02. The first-order chi connectivity index (χ1) is 10.2. The van der Waals surface area contributed by atoms with Crippen LogP contribution in [0.4, 0.5) is 4.39 Å². The molecular formula is C14H9FN4O2. The van der Waals surface area contributed by atoms with Gasteiger partial charge in [0.25, 0.3) is 0 Å². The van der Waals surface area contributed by atoms with Crippen molar-refractivity contribution in [1.29, 1.82) is 0 Å². The summed E-state index contributed by atoms with van der Waals surface area (Å²) in [5.74, 6) is -1.53. The van der Waals surface area contributed by atoms with Crippen LogP contribution in [0.5, 0.6) is 0 Å². The van der Waals surface area contributed by atoms with Crippen LogP contribution < -0.4 is 0 Å². The molecule has 0 aliphatic carbocycles. The molecule has 104 valence electrons. The summed E-state index contributed by atoms with van der Waals surface area (Å²) < 4.78 is 15.1. The van der Waals surface area contributed by atoms with Crippen LogP contribution in [0.3, 0.4) is 0 Å². The second-order valence-corrected chi connectivity index (χ2v) is 4.17. The van der Waals surface area contributed by atoms with E-state index in [1.54, 1.807) is 12.1 Å². The number of carboxylic acids is 1. The third-order valence-corrected chi connectivity index (χ3v) is 2.83. The van der Waals surface area contributed by atoms with Gasteiger partial charge in [0, 0.05) is 24.2 Å². The molecule has 1 aromatic carbocycles. The molecule has 0 saturated heterocycles. The molecular weight excluding hydrogens is 275 g/mol. The van der Waals surface area contributed by atoms with Gasteiger partial charge in [0.1, 0.15) is 17.1 Å². The SMILES string of the molecule is O=C(O)c1cn(-c2ncccn2)nc1-c1ccccc1F. The van der Waals surface area contributed by atoms with Gasteiger partial charge in [-0.1, -0.05) is 12.1 Å². The topological polar surface area (TPSA) is 80.9 Å². The fourth-order valence-corrected chi connectivity index (χ4v) is 1.89. The van der Waals surface area contributed by atoms with E-state index in [9.17, 15) is 14.3 Å². The van der Waals surface area contributed by atoms with Crippen LogP contribution in [-0.4, -0.2) is 30.8 Å². The Morgan fingerprint density at radius 1 is 1.14 bits per heavy atom. The van der Waals surface area contributed by atoms with E-state index in [4.69, 9.17) is 0 Å². The molecule has 0 aliphatic rings. The summed E-state index contributed by atoms with van der Waals surface area (Å²) in [7, 11) is 0. The first-order valence-electron chi connectivity index (χ1n) is 6.02. The monoisotopic (exact) mass is 284 g/mol. The average Bonchev–Trinajstić information content (AvgIpc) is 2.94. The predicted octanol–water partition coefficient (Wildman–Crippen LogP) is 2.17. The van der Waals surface area contributed by atoms with Crippen LogP contribution >= 0.6 is 0 Å². The van der Waals surface area contributed by atoms with Crippen LogP contribution in [0.2, 0.25) is 0 Å². The molecule has 0 spiro atoms. The van der Waals surface area contributed by atoms with Gasteiger partial charge >= 0.3 is 5.97 Å². The Labute approximate surface area is 118 Å². The standard InChI is InChI=1S/C14H9FN4O2/c15-11-5-2-1-4-9(11)12-10(13(20)21)8-19(18-12)14-16-6-3-7-17-14/h1-8H,(H,20,21). The highest BCUT2D eigenvalue weighted by Gasteiger charge is 2.20. The molecule has 0 amide bonds. The molecule has 2 heterocycles. The lowest BCUT2D eigenvalue weighted by Crippen LogP contribution is -2.00. The molecule has 2 aromatic heterocycles. The van der Waals surface area contributed by atoms with Gasteiger partial charge in [0.2, 0.25) is 5.95 Å². The fraction of sp³-hybridized carbons (Fsp3) is 0. The van der Waals surface area contributed by atoms with Gasteiger partial charge in [-0.3, -0.25) is 0 Å². The van der Waals surface area contributed by atoms with Crippen molar-refractivity contribution >= 4 is 5.97 Å². The van der Waals surface area contributed by atoms with E-state index < -0.39 is 11.8 Å². The Morgan fingerprint density at radius 2 is 1.86 bits per heavy atom. The van der Waals surface area contributed by atoms with Crippen molar-refractivity contribution in [2.45, 2.75) is 0 Å². The van der Waals surface area contributed by atoms with Crippen molar-refractivity contribution in [1.82, 2.24) is 19.7 Å². The minimum Gasteiger partial charge on any atom is -0.478 e. The van der Waals surface area contributed by atoms with Gasteiger partial charge in [0.05, 0.1) is 0 Å². The quantitative estimate of drug-likeness (QED) is 0.797. The van der Waals surface area contributed by atoms with E-state index in [1.165, 1.54) is 41.5 Å². The molecule has 0 aliphatic heterocycles. The van der Waals surface area contributed by atoms with Crippen molar-refractivity contribution in [3.05, 3.63) is 60.3 Å². The third-order valence-electron chi connectivity index (χ3n) is 2.83. The van der Waals surface area contributed by atoms with Crippen LogP contribution in [0.1, 0.15) is 10.4 Å². The highest BCUT2D eigenvalue weighted by atomic mass is 19.1. The number of halogens is 1. The highest BCUT2D eigenvalue weighted by Crippen LogP contribution is 2.25. The second kappa shape index (κ2) is 5.12. The molecule has 0 radical (unpaired) electrons. The molecule has 0 bridgehead atoms. The summed E-state index contributed by atoms with van der Waals surface area (Å²) >= 11 is 0. The van der Waals surface area contributed by atoms with Crippen LogP contribution in [-0.2, 0) is 0 Å². The zero-order valence-electron chi connectivity index (χ0n) is 10.6. The number of carbonyl (C=O) groups is 1. The molecule has 0 unspecified atom stereocenters. The smallest absolute Gasteiger partial charge is 0.339 e. The van der Waals surface area contributed by atoms with E-state index in [2.05, 4.69) is 15.1 Å². The Bertz CT molecular complexity index is 802. The second-order valence-electron chi connectivity index (χ2n) is 4.17. The number of hydrogen-bond donors (Lipinski definition) is 1. The summed E-state index contributed by atoms with van der Waals surface area (Å²) in [6.07, 6.45) is 4.28. The average molecular weight is 284 g/mol. The van der Waals surface area contributed by atoms with E-state index >= 15 is 0 Å². The largest absolute Gasteiger partial charge is 0.478 e. The molecule has 6 nitrogen and oxygen atoms in total. The zero-order chi connectivity index (χ0) is 14.8. The Balaban J connectivity index is 2.19. The summed E-state index contributed by atoms with van der Waals surface area (Å²) in [5.41, 5.74) is 0.0326. The molecule has 0 atom stereocenters. The van der Waals surface area contributed by atoms with E-state index in [0.717, 1.165) is 0 Å². The van der Waals surface area contributed by atoms with Gasteiger partial charge in [-0.25, -0.2) is 23.8 Å². The van der Waals surface area contributed by atoms with Gasteiger partial charge in [0.15, 0.2) is 0 Å². The lowest BCUT2D eigenvalue weighted by atomic mass is 10.1. The number of aromatic nitrogens is 4. The molecule has 3 rings (SSSR count). The van der Waals surface area contributed by atoms with Crippen molar-refractivity contribution < 1.29 is 14.3 Å². The van der Waals surface area contributed by atoms with Crippen molar-refractivity contribution in [2.75, 3.05) is 0 Å². The van der Waals surface area contributed by atoms with Gasteiger partial charge < -0.3 is 5.11 Å². The third kappa shape index (κ3) is 2.36. The normalized spacial score (nSPS) is 10.5. The van der Waals surface area contributed by atoms with Crippen LogP contribution in [0.25, 0.3) is 17.2 Å². The number of aromatic carboxylic acids is 1. The lowest BCUT2D eigenvalue weighted by Gasteiger charge is -2.00. The first kappa shape index (κ1) is 12.9. The summed E-state index contributed by atoms with van der Waals surface area (Å²) in [6.45, 7) is 0. The predicted molar refractivity (Wildman–Crippen MR) is 71.5 cm³/mol. The minimum atomic E-state index is -1.20. The molecule has 1 N–H and O–H groups in total. The number of carboxylic acid groups (broad SMARTS) is 1. The Hall–Kier alpha value is -3.09. The molecule has 7 heteroatoms. The Morgan fingerprint density at radius 3 is 2.52 bits per heavy atom. The summed E-state index contributed by atoms with van der Waals surface area (Å²) in [5, 5.41) is 13.4. The highest BCUT2D eigenvalue weighted by molar-refractivity contribution is 5.94. The molecule has 21 heavy (non-hydrogen) atoms. The van der Waals surface area contributed by atoms with Crippen LogP contribution in [0.15, 0.2) is 48.9 Å². The maximum absolute atomic E-state index is 13.9. The zero-order valence-corrected chi connectivity index (χ0v) is 10.6. The van der Waals surface area contributed by atoms with Gasteiger partial charge in [-0.05, 0) is 18.2 Å². The summed E-state index contributed by atoms with van der Waals surface area (Å²) in [6, 6.07) is 7.49. The lowest BCUT2D eigenvalue weighted by molar-refractivity contribution is 0.0697. The van der Waals surface area contributed by atoms with Crippen molar-refractivity contribution in [2.24, 2.45) is 0 Å². The molecule has 0 fully saturated rings. The van der Waals surface area contributed by atoms with E-state index in [1.807, 2.05) is 0 Å². The van der Waals surface area contributed by atoms with Crippen molar-refractivity contribution in [3.8, 4) is 17.2 Å². The minimum absolute atomic E-state index is 0.0352. The van der Waals surface area contributed by atoms with Gasteiger partial charge in [-0.2, -0.15) is 5.10 Å². The number of hydrogen-bond acceptors (Lipinski definition) is 4. The number of benzene rings is 1. The fourth-order valence-electron chi connectivity index (χ4n) is 1.89. The molecule has 3 aromatic rings. The van der Waals surface area contributed by atoms with Crippen molar-refractivity contribution in [3.63, 3.8) is 0 Å². The summed E-state index contributed by atoms with van der Waals surface area (Å²) in [4.78, 5) is 19.3. The number of rotatable bonds is 3. The molecule has 0 saturated carbocycles. The maximum atomic E-state index is 13.9. The Kier molecular flexibility index (Phi) is 3.15.